The lowest BCUT2D eigenvalue weighted by atomic mass is 10.0. The molecule has 0 aromatic heterocycles. The second-order valence-electron chi connectivity index (χ2n) is 20.6. The Morgan fingerprint density at radius 3 is 0.871 bits per heavy atom. The topological polar surface area (TPSA) is 78.9 Å². The Bertz CT molecular complexity index is 1220. The molecule has 0 radical (unpaired) electrons. The van der Waals surface area contributed by atoms with E-state index in [9.17, 15) is 14.4 Å². The molecule has 0 heterocycles. The first-order valence-corrected chi connectivity index (χ1v) is 30.6. The zero-order valence-electron chi connectivity index (χ0n) is 46.8. The fraction of sp³-hybridized carbons (Fsp3) is 0.828. The molecule has 408 valence electrons. The van der Waals surface area contributed by atoms with Gasteiger partial charge in [-0.15, -0.1) is 0 Å². The number of allylic oxidation sites excluding steroid dienone is 8. The minimum absolute atomic E-state index is 0.0859. The quantitative estimate of drug-likeness (QED) is 0.0261. The van der Waals surface area contributed by atoms with Gasteiger partial charge in [0.2, 0.25) is 0 Å². The number of ether oxygens (including phenoxy) is 3. The third kappa shape index (κ3) is 56.3. The van der Waals surface area contributed by atoms with Gasteiger partial charge in [-0.25, -0.2) is 0 Å². The van der Waals surface area contributed by atoms with Crippen molar-refractivity contribution in [2.24, 2.45) is 0 Å². The molecule has 0 aromatic rings. The van der Waals surface area contributed by atoms with Crippen LogP contribution >= 0.6 is 0 Å². The van der Waals surface area contributed by atoms with Crippen molar-refractivity contribution in [3.05, 3.63) is 48.6 Å². The van der Waals surface area contributed by atoms with Crippen LogP contribution in [0.25, 0.3) is 0 Å². The van der Waals surface area contributed by atoms with Crippen LogP contribution in [0.4, 0.5) is 0 Å². The summed E-state index contributed by atoms with van der Waals surface area (Å²) < 4.78 is 16.8. The molecule has 70 heavy (non-hydrogen) atoms. The summed E-state index contributed by atoms with van der Waals surface area (Å²) in [6.45, 7) is 6.51. The van der Waals surface area contributed by atoms with E-state index in [1.54, 1.807) is 0 Å². The molecule has 1 unspecified atom stereocenters. The Balaban J connectivity index is 4.12. The van der Waals surface area contributed by atoms with Crippen molar-refractivity contribution >= 4 is 17.9 Å². The van der Waals surface area contributed by atoms with Gasteiger partial charge >= 0.3 is 17.9 Å². The zero-order chi connectivity index (χ0) is 50.7. The van der Waals surface area contributed by atoms with Crippen molar-refractivity contribution in [3.8, 4) is 0 Å². The molecular weight excluding hydrogens is 865 g/mol. The van der Waals surface area contributed by atoms with Crippen LogP contribution in [0.1, 0.15) is 323 Å². The normalized spacial score (nSPS) is 12.3. The molecule has 0 spiro atoms. The number of carbonyl (C=O) groups excluding carboxylic acids is 3. The molecule has 6 heteroatoms. The van der Waals surface area contributed by atoms with Gasteiger partial charge in [0, 0.05) is 19.3 Å². The first-order valence-electron chi connectivity index (χ1n) is 30.6. The molecule has 6 nitrogen and oxygen atoms in total. The summed E-state index contributed by atoms with van der Waals surface area (Å²) in [6, 6.07) is 0. The molecule has 0 aromatic carbocycles. The highest BCUT2D eigenvalue weighted by Crippen LogP contribution is 2.18. The fourth-order valence-corrected chi connectivity index (χ4v) is 9.02. The number of hydrogen-bond acceptors (Lipinski definition) is 6. The van der Waals surface area contributed by atoms with Gasteiger partial charge in [0.1, 0.15) is 13.2 Å². The molecular formula is C64H116O6. The third-order valence-corrected chi connectivity index (χ3v) is 13.6. The predicted octanol–water partition coefficient (Wildman–Crippen LogP) is 20.6. The van der Waals surface area contributed by atoms with Crippen LogP contribution in [0.2, 0.25) is 0 Å². The summed E-state index contributed by atoms with van der Waals surface area (Å²) in [7, 11) is 0. The third-order valence-electron chi connectivity index (χ3n) is 13.6. The highest BCUT2D eigenvalue weighted by molar-refractivity contribution is 5.71. The fourth-order valence-electron chi connectivity index (χ4n) is 9.02. The van der Waals surface area contributed by atoms with Crippen LogP contribution in [0.3, 0.4) is 0 Å². The van der Waals surface area contributed by atoms with Crippen LogP contribution in [0.5, 0.6) is 0 Å². The summed E-state index contributed by atoms with van der Waals surface area (Å²) in [5.74, 6) is -0.916. The van der Waals surface area contributed by atoms with Crippen LogP contribution in [-0.4, -0.2) is 37.2 Å². The molecule has 0 rings (SSSR count). The number of carbonyl (C=O) groups is 3. The molecule has 0 aliphatic heterocycles. The Hall–Kier alpha value is -2.63. The van der Waals surface area contributed by atoms with Gasteiger partial charge in [0.05, 0.1) is 0 Å². The van der Waals surface area contributed by atoms with E-state index in [-0.39, 0.29) is 37.5 Å². The molecule has 0 fully saturated rings. The molecule has 0 saturated carbocycles. The summed E-state index contributed by atoms with van der Waals surface area (Å²) in [5, 5.41) is 0. The molecule has 1 atom stereocenters. The number of hydrogen-bond donors (Lipinski definition) is 0. The van der Waals surface area contributed by atoms with E-state index >= 15 is 0 Å². The van der Waals surface area contributed by atoms with Crippen LogP contribution in [0, 0.1) is 0 Å². The van der Waals surface area contributed by atoms with Gasteiger partial charge in [-0.05, 0) is 57.8 Å². The van der Waals surface area contributed by atoms with Crippen molar-refractivity contribution in [3.63, 3.8) is 0 Å². The smallest absolute Gasteiger partial charge is 0.306 e. The monoisotopic (exact) mass is 981 g/mol. The molecule has 0 saturated heterocycles. The molecule has 0 amide bonds. The van der Waals surface area contributed by atoms with Gasteiger partial charge in [0.15, 0.2) is 6.10 Å². The predicted molar refractivity (Wildman–Crippen MR) is 302 cm³/mol. The average molecular weight is 982 g/mol. The Morgan fingerprint density at radius 1 is 0.300 bits per heavy atom. The lowest BCUT2D eigenvalue weighted by molar-refractivity contribution is -0.167. The minimum atomic E-state index is -0.790. The Morgan fingerprint density at radius 2 is 0.557 bits per heavy atom. The second-order valence-corrected chi connectivity index (χ2v) is 20.6. The number of unbranched alkanes of at least 4 members (excludes halogenated alkanes) is 37. The van der Waals surface area contributed by atoms with Gasteiger partial charge < -0.3 is 14.2 Å². The molecule has 0 aliphatic carbocycles. The summed E-state index contributed by atoms with van der Waals surface area (Å²) in [6.07, 6.45) is 72.9. The van der Waals surface area contributed by atoms with E-state index in [2.05, 4.69) is 69.4 Å². The SMILES string of the molecule is CC/C=C\C/C=C\C/C=C\C/C=C\CCCCC(=O)OC(COC(=O)CCCCCCCCCCC)COC(=O)CCCCCCCCCCCCCCCCCCCCCCCCCCCCCC. The van der Waals surface area contributed by atoms with Crippen molar-refractivity contribution < 1.29 is 28.6 Å². The van der Waals surface area contributed by atoms with Gasteiger partial charge in [-0.3, -0.25) is 14.4 Å². The maximum atomic E-state index is 12.8. The van der Waals surface area contributed by atoms with Crippen molar-refractivity contribution in [2.45, 2.75) is 329 Å². The largest absolute Gasteiger partial charge is 0.462 e. The summed E-state index contributed by atoms with van der Waals surface area (Å²) in [4.78, 5) is 38.0. The van der Waals surface area contributed by atoms with E-state index in [4.69, 9.17) is 14.2 Å². The van der Waals surface area contributed by atoms with Gasteiger partial charge in [-0.2, -0.15) is 0 Å². The van der Waals surface area contributed by atoms with Gasteiger partial charge in [0.25, 0.3) is 0 Å². The first-order chi connectivity index (χ1) is 34.5. The second kappa shape index (κ2) is 58.9. The van der Waals surface area contributed by atoms with E-state index < -0.39 is 6.10 Å². The molecule has 0 bridgehead atoms. The maximum absolute atomic E-state index is 12.8. The lowest BCUT2D eigenvalue weighted by Gasteiger charge is -2.18. The Kier molecular flexibility index (Phi) is 56.7. The Labute approximate surface area is 435 Å². The standard InChI is InChI=1S/C64H116O6/c1-4-7-10-13-16-19-21-23-25-26-27-28-29-30-31-32-33-34-35-36-37-39-40-42-45-48-51-54-57-63(66)69-60-61(59-68-62(65)56-53-50-47-44-18-15-12-9-6-3)70-64(67)58-55-52-49-46-43-41-38-24-22-20-17-14-11-8-5-2/h8,11,17,20,24,38,43,46,61H,4-7,9-10,12-16,18-19,21-23,25-37,39-42,44-45,47-60H2,1-3H3/b11-8-,20-17-,38-24-,46-43-. The van der Waals surface area contributed by atoms with E-state index in [1.807, 2.05) is 0 Å². The molecule has 0 aliphatic rings. The van der Waals surface area contributed by atoms with Crippen molar-refractivity contribution in [1.82, 2.24) is 0 Å². The van der Waals surface area contributed by atoms with Crippen molar-refractivity contribution in [1.29, 1.82) is 0 Å². The van der Waals surface area contributed by atoms with Crippen LogP contribution < -0.4 is 0 Å². The zero-order valence-corrected chi connectivity index (χ0v) is 46.8. The molecule has 0 N–H and O–H groups in total. The maximum Gasteiger partial charge on any atom is 0.306 e. The minimum Gasteiger partial charge on any atom is -0.462 e. The van der Waals surface area contributed by atoms with Crippen LogP contribution in [-0.2, 0) is 28.6 Å². The average Bonchev–Trinajstić information content (AvgIpc) is 3.36. The number of esters is 3. The summed E-state index contributed by atoms with van der Waals surface area (Å²) in [5.41, 5.74) is 0. The van der Waals surface area contributed by atoms with Gasteiger partial charge in [-0.1, -0.05) is 294 Å². The highest BCUT2D eigenvalue weighted by Gasteiger charge is 2.19. The lowest BCUT2D eigenvalue weighted by Crippen LogP contribution is -2.30. The van der Waals surface area contributed by atoms with Crippen molar-refractivity contribution in [2.75, 3.05) is 13.2 Å². The van der Waals surface area contributed by atoms with E-state index in [1.165, 1.54) is 199 Å². The summed E-state index contributed by atoms with van der Waals surface area (Å²) >= 11 is 0. The first kappa shape index (κ1) is 67.4. The number of rotatable bonds is 56. The van der Waals surface area contributed by atoms with E-state index in [0.29, 0.717) is 19.3 Å². The van der Waals surface area contributed by atoms with E-state index in [0.717, 1.165) is 77.0 Å². The highest BCUT2D eigenvalue weighted by atomic mass is 16.6. The van der Waals surface area contributed by atoms with Crippen LogP contribution in [0.15, 0.2) is 48.6 Å².